The van der Waals surface area contributed by atoms with Crippen molar-refractivity contribution < 1.29 is 9.47 Å². The van der Waals surface area contributed by atoms with Crippen molar-refractivity contribution in [1.82, 2.24) is 5.32 Å². The van der Waals surface area contributed by atoms with Gasteiger partial charge in [0.05, 0.1) is 11.0 Å². The van der Waals surface area contributed by atoms with Crippen molar-refractivity contribution in [3.63, 3.8) is 0 Å². The Balaban J connectivity index is 2.14. The van der Waals surface area contributed by atoms with Gasteiger partial charge in [-0.3, -0.25) is 0 Å². The minimum absolute atomic E-state index is 0.287. The van der Waals surface area contributed by atoms with Crippen LogP contribution in [0.5, 0.6) is 11.5 Å². The Labute approximate surface area is 96.9 Å². The fraction of sp³-hybridized carbons (Fsp3) is 0.273. The molecule has 0 amide bonds. The number of rotatable bonds is 3. The molecule has 0 saturated carbocycles. The summed E-state index contributed by atoms with van der Waals surface area (Å²) >= 11 is 3.43. The Bertz CT molecular complexity index is 412. The standard InChI is InChI=1S/C11H10BrNO2/c1-2-3-13-6-8-4-9(12)11-10(5-8)14-7-15-11/h1,4-5,13H,3,6-7H2. The summed E-state index contributed by atoms with van der Waals surface area (Å²) in [7, 11) is 0. The van der Waals surface area contributed by atoms with Crippen molar-refractivity contribution in [2.75, 3.05) is 13.3 Å². The molecule has 0 saturated heterocycles. The molecule has 1 aliphatic rings. The van der Waals surface area contributed by atoms with Gasteiger partial charge in [-0.25, -0.2) is 0 Å². The minimum Gasteiger partial charge on any atom is -0.454 e. The molecule has 4 heteroatoms. The van der Waals surface area contributed by atoms with E-state index < -0.39 is 0 Å². The van der Waals surface area contributed by atoms with Crippen molar-refractivity contribution in [2.24, 2.45) is 0 Å². The summed E-state index contributed by atoms with van der Waals surface area (Å²) in [5.41, 5.74) is 1.11. The zero-order valence-electron chi connectivity index (χ0n) is 8.05. The summed E-state index contributed by atoms with van der Waals surface area (Å²) in [4.78, 5) is 0. The number of nitrogens with one attached hydrogen (secondary N) is 1. The van der Waals surface area contributed by atoms with Crippen LogP contribution in [0.4, 0.5) is 0 Å². The second-order valence-corrected chi connectivity index (χ2v) is 3.97. The van der Waals surface area contributed by atoms with E-state index >= 15 is 0 Å². The lowest BCUT2D eigenvalue weighted by Crippen LogP contribution is -2.12. The lowest BCUT2D eigenvalue weighted by Gasteiger charge is -2.05. The van der Waals surface area contributed by atoms with Gasteiger partial charge < -0.3 is 14.8 Å². The molecule has 0 bridgehead atoms. The number of ether oxygens (including phenoxy) is 2. The Morgan fingerprint density at radius 3 is 3.13 bits per heavy atom. The predicted octanol–water partition coefficient (Wildman–Crippen LogP) is 1.90. The summed E-state index contributed by atoms with van der Waals surface area (Å²) in [5.74, 6) is 4.08. The number of benzene rings is 1. The maximum atomic E-state index is 5.31. The number of hydrogen-bond acceptors (Lipinski definition) is 3. The molecular formula is C11H10BrNO2. The Morgan fingerprint density at radius 2 is 2.33 bits per heavy atom. The van der Waals surface area contributed by atoms with Gasteiger partial charge in [0.25, 0.3) is 0 Å². The Kier molecular flexibility index (Phi) is 3.14. The third-order valence-electron chi connectivity index (χ3n) is 2.04. The van der Waals surface area contributed by atoms with E-state index in [0.717, 1.165) is 28.1 Å². The SMILES string of the molecule is C#CCNCc1cc(Br)c2c(c1)OCO2. The van der Waals surface area contributed by atoms with E-state index in [0.29, 0.717) is 6.54 Å². The van der Waals surface area contributed by atoms with Gasteiger partial charge in [0.1, 0.15) is 0 Å². The molecule has 0 unspecified atom stereocenters. The highest BCUT2D eigenvalue weighted by molar-refractivity contribution is 9.10. The van der Waals surface area contributed by atoms with Gasteiger partial charge in [0.15, 0.2) is 11.5 Å². The molecule has 0 fully saturated rings. The van der Waals surface area contributed by atoms with Crippen LogP contribution >= 0.6 is 15.9 Å². The highest BCUT2D eigenvalue weighted by Crippen LogP contribution is 2.39. The van der Waals surface area contributed by atoms with Gasteiger partial charge in [0.2, 0.25) is 6.79 Å². The van der Waals surface area contributed by atoms with E-state index in [1.165, 1.54) is 0 Å². The first-order valence-corrected chi connectivity index (χ1v) is 5.33. The van der Waals surface area contributed by atoms with E-state index in [4.69, 9.17) is 15.9 Å². The van der Waals surface area contributed by atoms with Crippen LogP contribution in [0.1, 0.15) is 5.56 Å². The van der Waals surface area contributed by atoms with Crippen LogP contribution < -0.4 is 14.8 Å². The van der Waals surface area contributed by atoms with E-state index in [2.05, 4.69) is 27.2 Å². The van der Waals surface area contributed by atoms with Gasteiger partial charge in [0, 0.05) is 6.54 Å². The average molecular weight is 268 g/mol. The molecule has 0 spiro atoms. The first-order valence-electron chi connectivity index (χ1n) is 4.53. The van der Waals surface area contributed by atoms with Gasteiger partial charge in [-0.1, -0.05) is 5.92 Å². The molecule has 1 aromatic carbocycles. The molecule has 0 aliphatic carbocycles. The van der Waals surface area contributed by atoms with Crippen molar-refractivity contribution in [2.45, 2.75) is 6.54 Å². The van der Waals surface area contributed by atoms with Crippen LogP contribution in [-0.4, -0.2) is 13.3 Å². The van der Waals surface area contributed by atoms with E-state index in [1.54, 1.807) is 0 Å². The van der Waals surface area contributed by atoms with Crippen LogP contribution in [0, 0.1) is 12.3 Å². The molecule has 3 nitrogen and oxygen atoms in total. The van der Waals surface area contributed by atoms with Crippen molar-refractivity contribution in [3.8, 4) is 23.8 Å². The second-order valence-electron chi connectivity index (χ2n) is 3.12. The number of halogens is 1. The highest BCUT2D eigenvalue weighted by Gasteiger charge is 2.17. The van der Waals surface area contributed by atoms with E-state index in [9.17, 15) is 0 Å². The Morgan fingerprint density at radius 1 is 1.47 bits per heavy atom. The quantitative estimate of drug-likeness (QED) is 0.671. The zero-order chi connectivity index (χ0) is 10.7. The summed E-state index contributed by atoms with van der Waals surface area (Å²) in [6.45, 7) is 1.57. The van der Waals surface area contributed by atoms with Gasteiger partial charge >= 0.3 is 0 Å². The lowest BCUT2D eigenvalue weighted by atomic mass is 10.2. The summed E-state index contributed by atoms with van der Waals surface area (Å²) in [6.07, 6.45) is 5.15. The van der Waals surface area contributed by atoms with Gasteiger partial charge in [-0.05, 0) is 33.6 Å². The molecule has 78 valence electrons. The van der Waals surface area contributed by atoms with E-state index in [-0.39, 0.29) is 6.79 Å². The van der Waals surface area contributed by atoms with Crippen molar-refractivity contribution in [3.05, 3.63) is 22.2 Å². The fourth-order valence-electron chi connectivity index (χ4n) is 1.40. The molecule has 1 N–H and O–H groups in total. The van der Waals surface area contributed by atoms with Crippen molar-refractivity contribution in [1.29, 1.82) is 0 Å². The molecule has 1 aromatic rings. The smallest absolute Gasteiger partial charge is 0.231 e. The molecule has 1 heterocycles. The van der Waals surface area contributed by atoms with Crippen molar-refractivity contribution >= 4 is 15.9 Å². The fourth-order valence-corrected chi connectivity index (χ4v) is 2.01. The molecular weight excluding hydrogens is 258 g/mol. The third-order valence-corrected chi connectivity index (χ3v) is 2.63. The first-order chi connectivity index (χ1) is 7.31. The average Bonchev–Trinajstić information content (AvgIpc) is 2.66. The van der Waals surface area contributed by atoms with Crippen LogP contribution in [0.15, 0.2) is 16.6 Å². The molecule has 2 rings (SSSR count). The largest absolute Gasteiger partial charge is 0.454 e. The highest BCUT2D eigenvalue weighted by atomic mass is 79.9. The van der Waals surface area contributed by atoms with Gasteiger partial charge in [-0.15, -0.1) is 6.42 Å². The zero-order valence-corrected chi connectivity index (χ0v) is 9.63. The van der Waals surface area contributed by atoms with Crippen LogP contribution in [-0.2, 0) is 6.54 Å². The van der Waals surface area contributed by atoms with E-state index in [1.807, 2.05) is 12.1 Å². The van der Waals surface area contributed by atoms with Crippen LogP contribution in [0.25, 0.3) is 0 Å². The number of terminal acetylenes is 1. The topological polar surface area (TPSA) is 30.5 Å². The van der Waals surface area contributed by atoms with Gasteiger partial charge in [-0.2, -0.15) is 0 Å². The maximum absolute atomic E-state index is 5.31. The lowest BCUT2D eigenvalue weighted by molar-refractivity contribution is 0.173. The summed E-state index contributed by atoms with van der Waals surface area (Å²) < 4.78 is 11.5. The molecule has 15 heavy (non-hydrogen) atoms. The minimum atomic E-state index is 0.287. The predicted molar refractivity (Wildman–Crippen MR) is 60.8 cm³/mol. The second kappa shape index (κ2) is 4.56. The monoisotopic (exact) mass is 267 g/mol. The number of fused-ring (bicyclic) bond motifs is 1. The first kappa shape index (κ1) is 10.3. The summed E-state index contributed by atoms with van der Waals surface area (Å²) in [5, 5.41) is 3.12. The molecule has 1 aliphatic heterocycles. The Hall–Kier alpha value is -1.18. The maximum Gasteiger partial charge on any atom is 0.231 e. The third kappa shape index (κ3) is 2.25. The molecule has 0 atom stereocenters. The van der Waals surface area contributed by atoms with Crippen LogP contribution in [0.3, 0.4) is 0 Å². The normalized spacial score (nSPS) is 12.5. The number of hydrogen-bond donors (Lipinski definition) is 1. The summed E-state index contributed by atoms with van der Waals surface area (Å²) in [6, 6.07) is 3.95. The molecule has 0 aromatic heterocycles. The van der Waals surface area contributed by atoms with Crippen LogP contribution in [0.2, 0.25) is 0 Å². The molecule has 0 radical (unpaired) electrons.